The van der Waals surface area contributed by atoms with Crippen molar-refractivity contribution in [1.82, 2.24) is 15.2 Å². The molecule has 0 aliphatic carbocycles. The fourth-order valence-electron chi connectivity index (χ4n) is 3.79. The molecule has 162 valence electrons. The Balaban J connectivity index is 1.26. The summed E-state index contributed by atoms with van der Waals surface area (Å²) in [5, 5.41) is 13.7. The molecule has 1 atom stereocenters. The summed E-state index contributed by atoms with van der Waals surface area (Å²) in [6.45, 7) is -0.407. The Morgan fingerprint density at radius 3 is 2.87 bits per heavy atom. The van der Waals surface area contributed by atoms with E-state index in [2.05, 4.69) is 10.3 Å². The number of aliphatic hydroxyl groups is 1. The van der Waals surface area contributed by atoms with E-state index in [9.17, 15) is 18.7 Å². The number of carbonyl (C=O) groups is 1. The van der Waals surface area contributed by atoms with Gasteiger partial charge in [0.05, 0.1) is 12.6 Å². The minimum Gasteiger partial charge on any atom is -0.481 e. The molecule has 0 bridgehead atoms. The van der Waals surface area contributed by atoms with E-state index in [1.807, 2.05) is 24.3 Å². The third-order valence-electron chi connectivity index (χ3n) is 5.19. The summed E-state index contributed by atoms with van der Waals surface area (Å²) in [7, 11) is 0. The van der Waals surface area contributed by atoms with Crippen molar-refractivity contribution in [3.63, 3.8) is 0 Å². The minimum atomic E-state index is -2.97. The molecule has 8 heteroatoms. The third-order valence-corrected chi connectivity index (χ3v) is 5.19. The maximum atomic E-state index is 14.4. The first-order valence-corrected chi connectivity index (χ1v) is 10.0. The normalized spacial score (nSPS) is 16.5. The maximum absolute atomic E-state index is 14.4. The van der Waals surface area contributed by atoms with Crippen molar-refractivity contribution in [1.29, 1.82) is 0 Å². The second-order valence-electron chi connectivity index (χ2n) is 7.61. The molecule has 0 saturated carbocycles. The van der Waals surface area contributed by atoms with E-state index >= 15 is 0 Å². The smallest absolute Gasteiger partial charge is 0.285 e. The van der Waals surface area contributed by atoms with Crippen molar-refractivity contribution < 1.29 is 23.4 Å². The van der Waals surface area contributed by atoms with Crippen LogP contribution in [0.1, 0.15) is 11.1 Å². The lowest BCUT2D eigenvalue weighted by atomic mass is 9.96. The molecule has 1 aliphatic rings. The lowest BCUT2D eigenvalue weighted by molar-refractivity contribution is -0.123. The van der Waals surface area contributed by atoms with Gasteiger partial charge >= 0.3 is 0 Å². The van der Waals surface area contributed by atoms with Gasteiger partial charge in [-0.05, 0) is 17.7 Å². The second-order valence-corrected chi connectivity index (χ2v) is 7.61. The molecule has 4 rings (SSSR count). The van der Waals surface area contributed by atoms with E-state index in [0.717, 1.165) is 5.39 Å². The number of nitrogens with zero attached hydrogens (tertiary/aromatic N) is 2. The van der Waals surface area contributed by atoms with Crippen LogP contribution in [-0.4, -0.2) is 53.2 Å². The van der Waals surface area contributed by atoms with Crippen molar-refractivity contribution in [2.75, 3.05) is 26.2 Å². The van der Waals surface area contributed by atoms with Crippen molar-refractivity contribution in [2.45, 2.75) is 18.6 Å². The lowest BCUT2D eigenvalue weighted by Crippen LogP contribution is -2.46. The number of carbonyl (C=O) groups excluding carboxylic acids is 1. The van der Waals surface area contributed by atoms with Gasteiger partial charge in [-0.2, -0.15) is 8.78 Å². The van der Waals surface area contributed by atoms with Gasteiger partial charge in [-0.15, -0.1) is 0 Å². The predicted molar refractivity (Wildman–Crippen MR) is 112 cm³/mol. The number of β-amino-alcohol motifs (C(OH)–C–C–N with tert-alkyl or cyclic N) is 1. The van der Waals surface area contributed by atoms with Crippen molar-refractivity contribution in [2.24, 2.45) is 0 Å². The minimum absolute atomic E-state index is 0.0261. The van der Waals surface area contributed by atoms with Crippen LogP contribution >= 0.6 is 0 Å². The van der Waals surface area contributed by atoms with Gasteiger partial charge in [0.1, 0.15) is 11.3 Å². The lowest BCUT2D eigenvalue weighted by Gasteiger charge is -2.35. The second kappa shape index (κ2) is 8.95. The van der Waals surface area contributed by atoms with E-state index in [1.54, 1.807) is 30.5 Å². The molecule has 0 fully saturated rings. The quantitative estimate of drug-likeness (QED) is 0.607. The first-order chi connectivity index (χ1) is 14.9. The molecule has 1 unspecified atom stereocenters. The molecule has 2 N–H and O–H groups in total. The van der Waals surface area contributed by atoms with Gasteiger partial charge in [-0.1, -0.05) is 42.5 Å². The van der Waals surface area contributed by atoms with Crippen LogP contribution in [0.15, 0.2) is 60.8 Å². The number of amides is 1. The van der Waals surface area contributed by atoms with Gasteiger partial charge < -0.3 is 15.2 Å². The van der Waals surface area contributed by atoms with Gasteiger partial charge in [0.15, 0.2) is 6.61 Å². The van der Waals surface area contributed by atoms with Gasteiger partial charge in [-0.3, -0.25) is 14.7 Å². The molecular formula is C23H23F2N3O3. The Morgan fingerprint density at radius 1 is 1.19 bits per heavy atom. The number of para-hydroxylation sites is 1. The van der Waals surface area contributed by atoms with E-state index in [4.69, 9.17) is 4.74 Å². The number of alkyl halides is 2. The number of benzene rings is 2. The van der Waals surface area contributed by atoms with E-state index in [-0.39, 0.29) is 25.3 Å². The number of aliphatic hydroxyl groups excluding tert-OH is 1. The average molecular weight is 427 g/mol. The molecule has 1 aromatic heterocycles. The van der Waals surface area contributed by atoms with Crippen molar-refractivity contribution >= 4 is 16.8 Å². The number of nitrogens with one attached hydrogen (secondary N) is 1. The molecular weight excluding hydrogens is 404 g/mol. The van der Waals surface area contributed by atoms with Crippen LogP contribution in [0.25, 0.3) is 10.9 Å². The molecule has 6 nitrogen and oxygen atoms in total. The summed E-state index contributed by atoms with van der Waals surface area (Å²) in [5.74, 6) is -2.90. The van der Waals surface area contributed by atoms with Crippen LogP contribution in [0.3, 0.4) is 0 Å². The van der Waals surface area contributed by atoms with Crippen LogP contribution in [0, 0.1) is 0 Å². The summed E-state index contributed by atoms with van der Waals surface area (Å²) in [6.07, 6.45) is 0.665. The van der Waals surface area contributed by atoms with E-state index < -0.39 is 24.5 Å². The monoisotopic (exact) mass is 427 g/mol. The molecule has 1 amide bonds. The zero-order valence-electron chi connectivity index (χ0n) is 16.8. The Morgan fingerprint density at radius 2 is 2.00 bits per heavy atom. The number of aromatic nitrogens is 1. The summed E-state index contributed by atoms with van der Waals surface area (Å²) >= 11 is 0. The molecule has 1 aliphatic heterocycles. The highest BCUT2D eigenvalue weighted by atomic mass is 19.3. The van der Waals surface area contributed by atoms with Gasteiger partial charge in [-0.25, -0.2) is 0 Å². The molecule has 0 radical (unpaired) electrons. The van der Waals surface area contributed by atoms with Crippen LogP contribution in [-0.2, 0) is 17.3 Å². The summed E-state index contributed by atoms with van der Waals surface area (Å²) < 4.78 is 34.3. The number of ether oxygens (including phenoxy) is 1. The number of halogens is 2. The molecule has 0 saturated heterocycles. The van der Waals surface area contributed by atoms with Crippen LogP contribution in [0.5, 0.6) is 5.75 Å². The van der Waals surface area contributed by atoms with Gasteiger partial charge in [0.25, 0.3) is 11.8 Å². The fourth-order valence-corrected chi connectivity index (χ4v) is 3.79. The van der Waals surface area contributed by atoms with Crippen molar-refractivity contribution in [3.8, 4) is 5.75 Å². The number of hydrogen-bond donors (Lipinski definition) is 2. The first-order valence-electron chi connectivity index (χ1n) is 10.0. The highest BCUT2D eigenvalue weighted by molar-refractivity contribution is 5.85. The standard InChI is InChI=1S/C23H23F2N3O3/c24-23(25)15-28(12-17-5-1-2-8-19(17)23)13-18(29)11-27-21(30)14-31-20-9-3-6-16-7-4-10-26-22(16)20/h1-10,18,29H,11-15H2,(H,27,30). The molecule has 2 heterocycles. The molecule has 3 aromatic rings. The SMILES string of the molecule is O=C(COc1cccc2cccnc12)NCC(O)CN1Cc2ccccc2C(F)(F)C1. The number of rotatable bonds is 7. The summed E-state index contributed by atoms with van der Waals surface area (Å²) in [5.41, 5.74) is 1.24. The highest BCUT2D eigenvalue weighted by Gasteiger charge is 2.40. The highest BCUT2D eigenvalue weighted by Crippen LogP contribution is 2.36. The molecule has 0 spiro atoms. The Hall–Kier alpha value is -3.10. The third kappa shape index (κ3) is 4.98. The number of pyridine rings is 1. The number of fused-ring (bicyclic) bond motifs is 2. The summed E-state index contributed by atoms with van der Waals surface area (Å²) in [4.78, 5) is 17.9. The maximum Gasteiger partial charge on any atom is 0.285 e. The zero-order chi connectivity index (χ0) is 21.8. The number of hydrogen-bond acceptors (Lipinski definition) is 5. The Bertz CT molecular complexity index is 1070. The Kier molecular flexibility index (Phi) is 6.11. The van der Waals surface area contributed by atoms with Crippen LogP contribution < -0.4 is 10.1 Å². The topological polar surface area (TPSA) is 74.7 Å². The summed E-state index contributed by atoms with van der Waals surface area (Å²) in [6, 6.07) is 15.6. The van der Waals surface area contributed by atoms with E-state index in [1.165, 1.54) is 11.0 Å². The fraction of sp³-hybridized carbons (Fsp3) is 0.304. The zero-order valence-corrected chi connectivity index (χ0v) is 16.8. The van der Waals surface area contributed by atoms with Gasteiger partial charge in [0, 0.05) is 36.8 Å². The van der Waals surface area contributed by atoms with Crippen molar-refractivity contribution in [3.05, 3.63) is 71.9 Å². The molecule has 31 heavy (non-hydrogen) atoms. The first kappa shape index (κ1) is 21.1. The van der Waals surface area contributed by atoms with Crippen LogP contribution in [0.4, 0.5) is 8.78 Å². The average Bonchev–Trinajstić information content (AvgIpc) is 2.76. The predicted octanol–water partition coefficient (Wildman–Crippen LogP) is 2.70. The van der Waals surface area contributed by atoms with Crippen LogP contribution in [0.2, 0.25) is 0 Å². The molecule has 2 aromatic carbocycles. The van der Waals surface area contributed by atoms with Gasteiger partial charge in [0.2, 0.25) is 0 Å². The van der Waals surface area contributed by atoms with E-state index in [0.29, 0.717) is 23.4 Å². The largest absolute Gasteiger partial charge is 0.481 e. The Labute approximate surface area is 178 Å².